The van der Waals surface area contributed by atoms with E-state index >= 15 is 0 Å². The van der Waals surface area contributed by atoms with Gasteiger partial charge < -0.3 is 24.9 Å². The molecular weight excluding hydrogens is 470 g/mol. The summed E-state index contributed by atoms with van der Waals surface area (Å²) in [6.07, 6.45) is 4.04. The molecule has 8 nitrogen and oxygen atoms in total. The minimum Gasteiger partial charge on any atom is -0.497 e. The Morgan fingerprint density at radius 3 is 2.57 bits per heavy atom. The van der Waals surface area contributed by atoms with Crippen molar-refractivity contribution in [3.05, 3.63) is 84.3 Å². The fraction of sp³-hybridized carbons (Fsp3) is 0.276. The third-order valence-electron chi connectivity index (χ3n) is 6.17. The summed E-state index contributed by atoms with van der Waals surface area (Å²) in [4.78, 5) is 31.3. The quantitative estimate of drug-likeness (QED) is 0.198. The summed E-state index contributed by atoms with van der Waals surface area (Å²) < 4.78 is 10.7. The molecule has 8 heteroatoms. The first-order valence-corrected chi connectivity index (χ1v) is 12.3. The number of aromatic amines is 1. The normalized spacial score (nSPS) is 11.7. The number of ether oxygens (including phenoxy) is 2. The number of amides is 1. The Labute approximate surface area is 215 Å². The van der Waals surface area contributed by atoms with Crippen molar-refractivity contribution >= 4 is 22.8 Å². The van der Waals surface area contributed by atoms with Crippen LogP contribution < -0.4 is 10.1 Å². The maximum atomic E-state index is 12.6. The molecule has 1 aromatic heterocycles. The molecule has 0 fully saturated rings. The van der Waals surface area contributed by atoms with Crippen LogP contribution in [0.3, 0.4) is 0 Å². The molecule has 4 aromatic rings. The van der Waals surface area contributed by atoms with Crippen LogP contribution in [0.4, 0.5) is 4.79 Å². The predicted molar refractivity (Wildman–Crippen MR) is 141 cm³/mol. The second-order valence-corrected chi connectivity index (χ2v) is 8.86. The molecule has 0 saturated carbocycles. The van der Waals surface area contributed by atoms with Gasteiger partial charge in [0.25, 0.3) is 0 Å². The van der Waals surface area contributed by atoms with E-state index in [1.165, 1.54) is 0 Å². The maximum Gasteiger partial charge on any atom is 0.408 e. The predicted octanol–water partition coefficient (Wildman–Crippen LogP) is 6.24. The molecule has 37 heavy (non-hydrogen) atoms. The SMILES string of the molecule is COc1ccc2cc(-c3cnc(C(CCCCCC(=O)O)NC(=O)OCc4ccccc4)[nH]3)ccc2c1. The molecule has 1 heterocycles. The number of alkyl carbamates (subject to hydrolysis) is 1. The van der Waals surface area contributed by atoms with Crippen molar-refractivity contribution in [2.45, 2.75) is 44.8 Å². The van der Waals surface area contributed by atoms with Crippen molar-refractivity contribution in [3.63, 3.8) is 0 Å². The summed E-state index contributed by atoms with van der Waals surface area (Å²) in [5, 5.41) is 14.0. The van der Waals surface area contributed by atoms with Gasteiger partial charge in [-0.1, -0.05) is 61.4 Å². The van der Waals surface area contributed by atoms with E-state index in [1.807, 2.05) is 60.7 Å². The van der Waals surface area contributed by atoms with Gasteiger partial charge in [-0.25, -0.2) is 9.78 Å². The second-order valence-electron chi connectivity index (χ2n) is 8.86. The number of aliphatic carboxylic acids is 1. The lowest BCUT2D eigenvalue weighted by atomic mass is 10.0. The average molecular weight is 502 g/mol. The molecule has 0 spiro atoms. The van der Waals surface area contributed by atoms with Gasteiger partial charge in [0.1, 0.15) is 18.2 Å². The minimum atomic E-state index is -0.802. The molecule has 0 bridgehead atoms. The number of hydrogen-bond donors (Lipinski definition) is 3. The van der Waals surface area contributed by atoms with Crippen LogP contribution in [-0.2, 0) is 16.1 Å². The Bertz CT molecular complexity index is 1340. The highest BCUT2D eigenvalue weighted by Gasteiger charge is 2.19. The van der Waals surface area contributed by atoms with Crippen molar-refractivity contribution in [2.75, 3.05) is 7.11 Å². The number of benzene rings is 3. The monoisotopic (exact) mass is 501 g/mol. The Hall–Kier alpha value is -4.33. The van der Waals surface area contributed by atoms with E-state index in [0.29, 0.717) is 18.7 Å². The molecule has 3 N–H and O–H groups in total. The first kappa shape index (κ1) is 25.8. The molecule has 0 saturated heterocycles. The molecule has 0 radical (unpaired) electrons. The number of carboxylic acid groups (broad SMARTS) is 1. The van der Waals surface area contributed by atoms with Gasteiger partial charge in [-0.3, -0.25) is 4.79 Å². The van der Waals surface area contributed by atoms with Gasteiger partial charge in [-0.05, 0) is 47.4 Å². The molecule has 1 amide bonds. The number of rotatable bonds is 12. The number of carbonyl (C=O) groups is 2. The van der Waals surface area contributed by atoms with Gasteiger partial charge in [0, 0.05) is 12.0 Å². The first-order valence-electron chi connectivity index (χ1n) is 12.3. The zero-order valence-corrected chi connectivity index (χ0v) is 20.8. The van der Waals surface area contributed by atoms with E-state index in [1.54, 1.807) is 13.3 Å². The van der Waals surface area contributed by atoms with Crippen LogP contribution in [0, 0.1) is 0 Å². The summed E-state index contributed by atoms with van der Waals surface area (Å²) in [7, 11) is 1.65. The van der Waals surface area contributed by atoms with Crippen LogP contribution in [0.5, 0.6) is 5.75 Å². The summed E-state index contributed by atoms with van der Waals surface area (Å²) in [6, 6.07) is 21.1. The third-order valence-corrected chi connectivity index (χ3v) is 6.17. The van der Waals surface area contributed by atoms with Crippen molar-refractivity contribution in [2.24, 2.45) is 0 Å². The molecule has 1 atom stereocenters. The van der Waals surface area contributed by atoms with E-state index in [9.17, 15) is 9.59 Å². The van der Waals surface area contributed by atoms with Crippen molar-refractivity contribution in [1.29, 1.82) is 0 Å². The number of imidazole rings is 1. The molecular formula is C29H31N3O5. The summed E-state index contributed by atoms with van der Waals surface area (Å²) in [5.74, 6) is 0.629. The molecule has 0 aliphatic heterocycles. The highest BCUT2D eigenvalue weighted by atomic mass is 16.5. The van der Waals surface area contributed by atoms with Crippen molar-refractivity contribution < 1.29 is 24.2 Å². The van der Waals surface area contributed by atoms with Crippen LogP contribution in [0.25, 0.3) is 22.0 Å². The number of nitrogens with one attached hydrogen (secondary N) is 2. The zero-order valence-electron chi connectivity index (χ0n) is 20.8. The number of hydrogen-bond acceptors (Lipinski definition) is 5. The highest BCUT2D eigenvalue weighted by Crippen LogP contribution is 2.28. The zero-order chi connectivity index (χ0) is 26.0. The maximum absolute atomic E-state index is 12.6. The number of H-pyrrole nitrogens is 1. The van der Waals surface area contributed by atoms with Crippen LogP contribution in [0.2, 0.25) is 0 Å². The van der Waals surface area contributed by atoms with Gasteiger partial charge in [0.15, 0.2) is 0 Å². The van der Waals surface area contributed by atoms with Crippen LogP contribution in [0.15, 0.2) is 72.9 Å². The number of aromatic nitrogens is 2. The number of fused-ring (bicyclic) bond motifs is 1. The lowest BCUT2D eigenvalue weighted by molar-refractivity contribution is -0.137. The third kappa shape index (κ3) is 7.33. The highest BCUT2D eigenvalue weighted by molar-refractivity contribution is 5.87. The fourth-order valence-corrected chi connectivity index (χ4v) is 4.16. The number of carboxylic acids is 1. The van der Waals surface area contributed by atoms with Crippen molar-refractivity contribution in [3.8, 4) is 17.0 Å². The summed E-state index contributed by atoms with van der Waals surface area (Å²) in [6.45, 7) is 0.170. The first-order chi connectivity index (χ1) is 18.0. The largest absolute Gasteiger partial charge is 0.497 e. The van der Waals surface area contributed by atoms with Gasteiger partial charge in [-0.15, -0.1) is 0 Å². The van der Waals surface area contributed by atoms with E-state index in [4.69, 9.17) is 14.6 Å². The number of methoxy groups -OCH3 is 1. The topological polar surface area (TPSA) is 114 Å². The van der Waals surface area contributed by atoms with Gasteiger partial charge in [0.05, 0.1) is 25.0 Å². The lowest BCUT2D eigenvalue weighted by Crippen LogP contribution is -2.30. The van der Waals surface area contributed by atoms with E-state index in [-0.39, 0.29) is 13.0 Å². The average Bonchev–Trinajstić information content (AvgIpc) is 3.41. The van der Waals surface area contributed by atoms with Crippen LogP contribution >= 0.6 is 0 Å². The van der Waals surface area contributed by atoms with E-state index < -0.39 is 18.1 Å². The van der Waals surface area contributed by atoms with Crippen LogP contribution in [-0.4, -0.2) is 34.2 Å². The van der Waals surface area contributed by atoms with E-state index in [0.717, 1.165) is 46.2 Å². The molecule has 1 unspecified atom stereocenters. The molecule has 0 aliphatic rings. The Kier molecular flexibility index (Phi) is 8.75. The second kappa shape index (κ2) is 12.6. The standard InChI is InChI=1S/C29H31N3O5/c1-36-24-15-14-21-16-23(13-12-22(21)17-24)26-18-30-28(31-26)25(10-6-3-7-11-27(33)34)32-29(35)37-19-20-8-4-2-5-9-20/h2,4-5,8-9,12-18,25H,3,6-7,10-11,19H2,1H3,(H,30,31)(H,32,35)(H,33,34). The minimum absolute atomic E-state index is 0.135. The summed E-state index contributed by atoms with van der Waals surface area (Å²) in [5.41, 5.74) is 2.71. The smallest absolute Gasteiger partial charge is 0.408 e. The lowest BCUT2D eigenvalue weighted by Gasteiger charge is -2.17. The van der Waals surface area contributed by atoms with Gasteiger partial charge >= 0.3 is 12.1 Å². The van der Waals surface area contributed by atoms with Gasteiger partial charge in [0.2, 0.25) is 0 Å². The van der Waals surface area contributed by atoms with Crippen LogP contribution in [0.1, 0.15) is 49.5 Å². The molecule has 0 aliphatic carbocycles. The Balaban J connectivity index is 1.46. The molecule has 4 rings (SSSR count). The van der Waals surface area contributed by atoms with Gasteiger partial charge in [-0.2, -0.15) is 0 Å². The fourth-order valence-electron chi connectivity index (χ4n) is 4.16. The van der Waals surface area contributed by atoms with Crippen molar-refractivity contribution in [1.82, 2.24) is 15.3 Å². The molecule has 3 aromatic carbocycles. The number of carbonyl (C=O) groups excluding carboxylic acids is 1. The number of nitrogens with zero attached hydrogens (tertiary/aromatic N) is 1. The number of unbranched alkanes of at least 4 members (excludes halogenated alkanes) is 2. The Morgan fingerprint density at radius 1 is 1.00 bits per heavy atom. The molecule has 192 valence electrons. The summed E-state index contributed by atoms with van der Waals surface area (Å²) >= 11 is 0. The Morgan fingerprint density at radius 2 is 1.78 bits per heavy atom. The van der Waals surface area contributed by atoms with E-state index in [2.05, 4.69) is 21.4 Å².